The van der Waals surface area contributed by atoms with Crippen molar-refractivity contribution < 1.29 is 37.9 Å². The lowest BCUT2D eigenvalue weighted by molar-refractivity contribution is -0.161. The van der Waals surface area contributed by atoms with Gasteiger partial charge in [-0.05, 0) is 38.5 Å². The van der Waals surface area contributed by atoms with Gasteiger partial charge in [0.2, 0.25) is 0 Å². The van der Waals surface area contributed by atoms with E-state index < -0.39 is 32.5 Å². The maximum atomic E-state index is 12.5. The summed E-state index contributed by atoms with van der Waals surface area (Å²) in [5.74, 6) is -0.869. The number of ether oxygens (including phenoxy) is 2. The summed E-state index contributed by atoms with van der Waals surface area (Å²) in [4.78, 5) is 43.0. The molecule has 0 radical (unpaired) electrons. The van der Waals surface area contributed by atoms with E-state index in [1.807, 2.05) is 0 Å². The Labute approximate surface area is 346 Å². The van der Waals surface area contributed by atoms with E-state index in [4.69, 9.17) is 19.3 Å². The van der Waals surface area contributed by atoms with Crippen LogP contribution in [0.25, 0.3) is 0 Å². The van der Waals surface area contributed by atoms with Crippen molar-refractivity contribution in [3.8, 4) is 0 Å². The normalized spacial score (nSPS) is 12.4. The molecule has 0 unspecified atom stereocenters. The molecule has 332 valence electrons. The number of allylic oxidation sites excluding steroid dienone is 2. The molecular formula is C47H91O8P. The molecule has 0 aromatic rings. The molecule has 2 N–H and O–H groups in total. The number of phosphoric acid groups is 1. The molecule has 0 rings (SSSR count). The predicted octanol–water partition coefficient (Wildman–Crippen LogP) is 15.0. The van der Waals surface area contributed by atoms with E-state index >= 15 is 0 Å². The van der Waals surface area contributed by atoms with Crippen LogP contribution in [0, 0.1) is 0 Å². The predicted molar refractivity (Wildman–Crippen MR) is 235 cm³/mol. The SMILES string of the molecule is CCCCCCCC/C=C/CCCCCCCCCCCCCC(=O)O[C@H](COC(=O)CCCCCCCCCCCCCCCCCCC)COP(=O)(O)O. The highest BCUT2D eigenvalue weighted by atomic mass is 31.2. The molecule has 56 heavy (non-hydrogen) atoms. The van der Waals surface area contributed by atoms with Crippen molar-refractivity contribution in [3.05, 3.63) is 12.2 Å². The van der Waals surface area contributed by atoms with Crippen LogP contribution in [0.2, 0.25) is 0 Å². The second-order valence-electron chi connectivity index (χ2n) is 16.4. The fourth-order valence-electron chi connectivity index (χ4n) is 7.19. The van der Waals surface area contributed by atoms with Crippen LogP contribution in [0.3, 0.4) is 0 Å². The first-order chi connectivity index (χ1) is 27.3. The molecule has 9 heteroatoms. The minimum Gasteiger partial charge on any atom is -0.462 e. The van der Waals surface area contributed by atoms with Crippen LogP contribution in [0.15, 0.2) is 12.2 Å². The summed E-state index contributed by atoms with van der Waals surface area (Å²) in [6, 6.07) is 0. The molecule has 1 atom stereocenters. The fraction of sp³-hybridized carbons (Fsp3) is 0.915. The highest BCUT2D eigenvalue weighted by Gasteiger charge is 2.23. The van der Waals surface area contributed by atoms with Gasteiger partial charge in [-0.3, -0.25) is 14.1 Å². The van der Waals surface area contributed by atoms with Gasteiger partial charge in [-0.15, -0.1) is 0 Å². The van der Waals surface area contributed by atoms with Crippen LogP contribution in [0.1, 0.15) is 258 Å². The van der Waals surface area contributed by atoms with Crippen LogP contribution >= 0.6 is 7.82 Å². The lowest BCUT2D eigenvalue weighted by Gasteiger charge is -2.18. The number of carbonyl (C=O) groups is 2. The van der Waals surface area contributed by atoms with Crippen LogP contribution in [0.4, 0.5) is 0 Å². The van der Waals surface area contributed by atoms with Crippen LogP contribution < -0.4 is 0 Å². The highest BCUT2D eigenvalue weighted by molar-refractivity contribution is 7.46. The lowest BCUT2D eigenvalue weighted by Crippen LogP contribution is -2.29. The lowest BCUT2D eigenvalue weighted by atomic mass is 10.0. The molecule has 0 aliphatic rings. The Morgan fingerprint density at radius 1 is 0.446 bits per heavy atom. The summed E-state index contributed by atoms with van der Waals surface area (Å²) in [7, 11) is -4.75. The van der Waals surface area contributed by atoms with Gasteiger partial charge >= 0.3 is 19.8 Å². The van der Waals surface area contributed by atoms with Crippen molar-refractivity contribution in [2.45, 2.75) is 264 Å². The van der Waals surface area contributed by atoms with Crippen molar-refractivity contribution in [1.29, 1.82) is 0 Å². The van der Waals surface area contributed by atoms with E-state index in [0.29, 0.717) is 6.42 Å². The highest BCUT2D eigenvalue weighted by Crippen LogP contribution is 2.36. The molecule has 0 aromatic heterocycles. The number of hydrogen-bond donors (Lipinski definition) is 2. The first kappa shape index (κ1) is 54.8. The number of hydrogen-bond acceptors (Lipinski definition) is 6. The maximum absolute atomic E-state index is 12.5. The zero-order valence-corrected chi connectivity index (χ0v) is 37.7. The third kappa shape index (κ3) is 45.5. The van der Waals surface area contributed by atoms with E-state index in [9.17, 15) is 14.2 Å². The molecule has 0 bridgehead atoms. The average molecular weight is 815 g/mol. The van der Waals surface area contributed by atoms with Gasteiger partial charge in [-0.1, -0.05) is 219 Å². The average Bonchev–Trinajstić information content (AvgIpc) is 3.17. The number of carbonyl (C=O) groups excluding carboxylic acids is 2. The molecule has 0 aliphatic heterocycles. The maximum Gasteiger partial charge on any atom is 0.469 e. The molecule has 0 saturated carbocycles. The molecule has 0 saturated heterocycles. The van der Waals surface area contributed by atoms with Crippen LogP contribution in [-0.2, 0) is 28.2 Å². The van der Waals surface area contributed by atoms with E-state index in [1.165, 1.54) is 186 Å². The number of unbranched alkanes of at least 4 members (excludes halogenated alkanes) is 33. The molecule has 0 aliphatic carbocycles. The van der Waals surface area contributed by atoms with Gasteiger partial charge in [0.25, 0.3) is 0 Å². The largest absolute Gasteiger partial charge is 0.469 e. The van der Waals surface area contributed by atoms with Crippen molar-refractivity contribution >= 4 is 19.8 Å². The second-order valence-corrected chi connectivity index (χ2v) is 17.7. The molecular weight excluding hydrogens is 723 g/mol. The Bertz CT molecular complexity index is 920. The standard InChI is InChI=1S/C47H91O8P/c1-3-5-7-9-11-13-15-17-19-21-22-23-24-26-28-30-32-34-36-38-40-42-47(49)55-45(44-54-56(50,51)52)43-53-46(48)41-39-37-35-33-31-29-27-25-20-18-16-14-12-10-8-6-4-2/h17,19,45H,3-16,18,20-44H2,1-2H3,(H2,50,51,52)/b19-17+/t45-/m1/s1. The summed E-state index contributed by atoms with van der Waals surface area (Å²) in [5, 5.41) is 0. The van der Waals surface area contributed by atoms with Gasteiger partial charge in [0.05, 0.1) is 6.61 Å². The van der Waals surface area contributed by atoms with Crippen molar-refractivity contribution in [1.82, 2.24) is 0 Å². The summed E-state index contributed by atoms with van der Waals surface area (Å²) in [6.45, 7) is 3.73. The Morgan fingerprint density at radius 3 is 1.09 bits per heavy atom. The first-order valence-electron chi connectivity index (χ1n) is 24.0. The molecule has 0 spiro atoms. The third-order valence-corrected chi connectivity index (χ3v) is 11.3. The quantitative estimate of drug-likeness (QED) is 0.0270. The monoisotopic (exact) mass is 815 g/mol. The van der Waals surface area contributed by atoms with Gasteiger partial charge in [-0.2, -0.15) is 0 Å². The van der Waals surface area contributed by atoms with E-state index in [2.05, 4.69) is 30.5 Å². The van der Waals surface area contributed by atoms with Gasteiger partial charge in [0, 0.05) is 12.8 Å². The molecule has 0 heterocycles. The topological polar surface area (TPSA) is 119 Å². The second kappa shape index (κ2) is 43.4. The van der Waals surface area contributed by atoms with Gasteiger partial charge < -0.3 is 19.3 Å². The van der Waals surface area contributed by atoms with Crippen molar-refractivity contribution in [2.24, 2.45) is 0 Å². The van der Waals surface area contributed by atoms with E-state index in [0.717, 1.165) is 38.5 Å². The summed E-state index contributed by atoms with van der Waals surface area (Å²) >= 11 is 0. The molecule has 8 nitrogen and oxygen atoms in total. The Kier molecular flexibility index (Phi) is 42.4. The zero-order valence-electron chi connectivity index (χ0n) is 36.8. The van der Waals surface area contributed by atoms with E-state index in [1.54, 1.807) is 0 Å². The smallest absolute Gasteiger partial charge is 0.462 e. The number of rotatable bonds is 45. The van der Waals surface area contributed by atoms with Crippen LogP contribution in [0.5, 0.6) is 0 Å². The number of esters is 2. The molecule has 0 amide bonds. The Morgan fingerprint density at radius 2 is 0.750 bits per heavy atom. The minimum absolute atomic E-state index is 0.216. The molecule has 0 aromatic carbocycles. The first-order valence-corrected chi connectivity index (χ1v) is 25.5. The number of phosphoric ester groups is 1. The third-order valence-electron chi connectivity index (χ3n) is 10.8. The summed E-state index contributed by atoms with van der Waals surface area (Å²) < 4.78 is 26.5. The molecule has 0 fully saturated rings. The van der Waals surface area contributed by atoms with Crippen molar-refractivity contribution in [3.63, 3.8) is 0 Å². The summed E-state index contributed by atoms with van der Waals surface area (Å²) in [6.07, 6.45) is 49.4. The Balaban J connectivity index is 3.81. The van der Waals surface area contributed by atoms with Crippen molar-refractivity contribution in [2.75, 3.05) is 13.2 Å². The fourth-order valence-corrected chi connectivity index (χ4v) is 7.55. The van der Waals surface area contributed by atoms with E-state index in [-0.39, 0.29) is 19.4 Å². The zero-order chi connectivity index (χ0) is 41.1. The van der Waals surface area contributed by atoms with Gasteiger partial charge in [0.1, 0.15) is 6.61 Å². The summed E-state index contributed by atoms with van der Waals surface area (Å²) in [5.41, 5.74) is 0. The van der Waals surface area contributed by atoms with Crippen LogP contribution in [-0.4, -0.2) is 41.0 Å². The Hall–Kier alpha value is -1.21. The minimum atomic E-state index is -4.75. The van der Waals surface area contributed by atoms with Gasteiger partial charge in [0.15, 0.2) is 6.10 Å². The van der Waals surface area contributed by atoms with Gasteiger partial charge in [-0.25, -0.2) is 4.57 Å².